The van der Waals surface area contributed by atoms with E-state index >= 15 is 0 Å². The van der Waals surface area contributed by atoms with Crippen molar-refractivity contribution in [1.82, 2.24) is 24.8 Å². The first-order valence-electron chi connectivity index (χ1n) is 13.5. The molecule has 10 heteroatoms. The van der Waals surface area contributed by atoms with Gasteiger partial charge in [-0.05, 0) is 35.9 Å². The first-order valence-corrected chi connectivity index (χ1v) is 13.5. The van der Waals surface area contributed by atoms with Crippen LogP contribution in [0, 0.1) is 17.7 Å². The van der Waals surface area contributed by atoms with E-state index in [1.807, 2.05) is 43.0 Å². The molecule has 41 heavy (non-hydrogen) atoms. The molecule has 3 heterocycles. The Morgan fingerprint density at radius 2 is 1.63 bits per heavy atom. The lowest BCUT2D eigenvalue weighted by Gasteiger charge is -2.35. The number of pyridine rings is 1. The van der Waals surface area contributed by atoms with Crippen LogP contribution in [0.4, 0.5) is 8.78 Å². The summed E-state index contributed by atoms with van der Waals surface area (Å²) < 4.78 is 33.1. The molecule has 0 atom stereocenters. The molecular weight excluding hydrogens is 526 g/mol. The minimum atomic E-state index is -0.601. The molecule has 2 aromatic heterocycles. The molecule has 0 aliphatic carbocycles. The Balaban J connectivity index is 0.000000231. The van der Waals surface area contributed by atoms with E-state index in [4.69, 9.17) is 10.5 Å². The highest BCUT2D eigenvalue weighted by Crippen LogP contribution is 2.28. The number of hydrogen-bond donors (Lipinski definition) is 1. The number of halogens is 2. The zero-order valence-corrected chi connectivity index (χ0v) is 23.2. The van der Waals surface area contributed by atoms with E-state index in [9.17, 15) is 13.6 Å². The highest BCUT2D eigenvalue weighted by molar-refractivity contribution is 5.78. The Morgan fingerprint density at radius 1 is 0.927 bits per heavy atom. The summed E-state index contributed by atoms with van der Waals surface area (Å²) >= 11 is 0. The van der Waals surface area contributed by atoms with Crippen LogP contribution in [0.5, 0.6) is 11.5 Å². The Labute approximate surface area is 238 Å². The van der Waals surface area contributed by atoms with Crippen molar-refractivity contribution in [3.05, 3.63) is 102 Å². The molecule has 8 nitrogen and oxygen atoms in total. The first kappa shape index (κ1) is 29.7. The van der Waals surface area contributed by atoms with Gasteiger partial charge in [0.15, 0.2) is 5.82 Å². The number of rotatable bonds is 7. The SMILES string of the molecule is CC(C)C(=O)N1CCN(Cc2c(F)cccc2Oc2ccc(F)nc2)CC1.NCc1ccc(-c2ncccn2)cc1. The number of nitrogens with zero attached hydrogens (tertiary/aromatic N) is 5. The largest absolute Gasteiger partial charge is 0.455 e. The van der Waals surface area contributed by atoms with E-state index in [1.165, 1.54) is 24.4 Å². The van der Waals surface area contributed by atoms with Crippen molar-refractivity contribution in [3.8, 4) is 22.9 Å². The van der Waals surface area contributed by atoms with Gasteiger partial charge >= 0.3 is 0 Å². The first-order chi connectivity index (χ1) is 19.8. The molecular formula is C31H34F2N6O2. The highest BCUT2D eigenvalue weighted by atomic mass is 19.1. The van der Waals surface area contributed by atoms with Crippen molar-refractivity contribution < 1.29 is 18.3 Å². The van der Waals surface area contributed by atoms with Gasteiger partial charge < -0.3 is 15.4 Å². The van der Waals surface area contributed by atoms with Gasteiger partial charge in [0.2, 0.25) is 11.9 Å². The van der Waals surface area contributed by atoms with Gasteiger partial charge in [-0.1, -0.05) is 44.2 Å². The standard InChI is InChI=1S/C20H23F2N3O2.C11H11N3/c1-14(2)20(26)25-10-8-24(9-11-25)13-16-17(21)4-3-5-18(16)27-15-6-7-19(22)23-12-15;12-8-9-2-4-10(5-3-9)11-13-6-1-7-14-11/h3-7,12,14H,8-11,13H2,1-2H3;1-7H,8,12H2. The average Bonchev–Trinajstić information content (AvgIpc) is 3.01. The zero-order chi connectivity index (χ0) is 29.2. The van der Waals surface area contributed by atoms with E-state index < -0.39 is 5.95 Å². The van der Waals surface area contributed by atoms with Gasteiger partial charge in [-0.25, -0.2) is 19.3 Å². The van der Waals surface area contributed by atoms with Crippen molar-refractivity contribution in [2.75, 3.05) is 26.2 Å². The lowest BCUT2D eigenvalue weighted by Crippen LogP contribution is -2.49. The number of aromatic nitrogens is 3. The number of ether oxygens (including phenoxy) is 1. The lowest BCUT2D eigenvalue weighted by molar-refractivity contribution is -0.136. The molecule has 1 fully saturated rings. The summed E-state index contributed by atoms with van der Waals surface area (Å²) in [5.74, 6) is 0.635. The molecule has 2 N–H and O–H groups in total. The maximum atomic E-state index is 14.4. The Kier molecular flexibility index (Phi) is 10.4. The van der Waals surface area contributed by atoms with Crippen LogP contribution in [0.15, 0.2) is 79.3 Å². The van der Waals surface area contributed by atoms with Crippen LogP contribution in [0.25, 0.3) is 11.4 Å². The van der Waals surface area contributed by atoms with Crippen molar-refractivity contribution in [1.29, 1.82) is 0 Å². The molecule has 214 valence electrons. The lowest BCUT2D eigenvalue weighted by atomic mass is 10.1. The molecule has 1 amide bonds. The molecule has 2 aromatic carbocycles. The summed E-state index contributed by atoms with van der Waals surface area (Å²) in [6.07, 6.45) is 4.73. The predicted molar refractivity (Wildman–Crippen MR) is 153 cm³/mol. The molecule has 0 radical (unpaired) electrons. The third-order valence-electron chi connectivity index (χ3n) is 6.58. The maximum absolute atomic E-state index is 14.4. The predicted octanol–water partition coefficient (Wildman–Crippen LogP) is 5.05. The Bertz CT molecular complexity index is 1390. The molecule has 0 spiro atoms. The summed E-state index contributed by atoms with van der Waals surface area (Å²) in [6.45, 7) is 7.32. The van der Waals surface area contributed by atoms with E-state index in [2.05, 4.69) is 19.9 Å². The number of carbonyl (C=O) groups is 1. The molecule has 4 aromatic rings. The highest BCUT2D eigenvalue weighted by Gasteiger charge is 2.24. The summed E-state index contributed by atoms with van der Waals surface area (Å²) in [5.41, 5.74) is 8.07. The van der Waals surface area contributed by atoms with E-state index in [1.54, 1.807) is 30.6 Å². The van der Waals surface area contributed by atoms with Gasteiger partial charge in [0, 0.05) is 68.7 Å². The van der Waals surface area contributed by atoms with Gasteiger partial charge in [0.1, 0.15) is 17.3 Å². The number of nitrogens with two attached hydrogens (primary N) is 1. The number of benzene rings is 2. The molecule has 1 saturated heterocycles. The van der Waals surface area contributed by atoms with Crippen LogP contribution < -0.4 is 10.5 Å². The molecule has 0 bridgehead atoms. The smallest absolute Gasteiger partial charge is 0.225 e. The molecule has 1 aliphatic heterocycles. The summed E-state index contributed by atoms with van der Waals surface area (Å²) in [5, 5.41) is 0. The Hall–Kier alpha value is -4.28. The Morgan fingerprint density at radius 3 is 2.24 bits per heavy atom. The number of carbonyl (C=O) groups excluding carboxylic acids is 1. The molecule has 0 saturated carbocycles. The van der Waals surface area contributed by atoms with E-state index in [0.29, 0.717) is 56.3 Å². The second-order valence-electron chi connectivity index (χ2n) is 9.86. The maximum Gasteiger partial charge on any atom is 0.225 e. The van der Waals surface area contributed by atoms with Gasteiger partial charge in [-0.15, -0.1) is 0 Å². The molecule has 0 unspecified atom stereocenters. The fourth-order valence-electron chi connectivity index (χ4n) is 4.29. The van der Waals surface area contributed by atoms with Crippen LogP contribution in [-0.4, -0.2) is 56.8 Å². The van der Waals surface area contributed by atoms with Gasteiger partial charge in [-0.2, -0.15) is 4.39 Å². The summed E-state index contributed by atoms with van der Waals surface area (Å²) in [4.78, 5) is 27.9. The second-order valence-corrected chi connectivity index (χ2v) is 9.86. The fourth-order valence-corrected chi connectivity index (χ4v) is 4.29. The third kappa shape index (κ3) is 8.36. The van der Waals surface area contributed by atoms with Gasteiger partial charge in [0.05, 0.1) is 6.20 Å². The van der Waals surface area contributed by atoms with Crippen LogP contribution in [0.2, 0.25) is 0 Å². The van der Waals surface area contributed by atoms with Crippen molar-refractivity contribution in [3.63, 3.8) is 0 Å². The van der Waals surface area contributed by atoms with E-state index in [-0.39, 0.29) is 17.6 Å². The normalized spacial score (nSPS) is 13.5. The quantitative estimate of drug-likeness (QED) is 0.316. The minimum Gasteiger partial charge on any atom is -0.455 e. The van der Waals surface area contributed by atoms with E-state index in [0.717, 1.165) is 17.0 Å². The van der Waals surface area contributed by atoms with Crippen molar-refractivity contribution in [2.24, 2.45) is 11.7 Å². The van der Waals surface area contributed by atoms with Crippen LogP contribution in [0.1, 0.15) is 25.0 Å². The summed E-state index contributed by atoms with van der Waals surface area (Å²) in [7, 11) is 0. The topological polar surface area (TPSA) is 97.5 Å². The number of hydrogen-bond acceptors (Lipinski definition) is 7. The molecule has 5 rings (SSSR count). The van der Waals surface area contributed by atoms with Crippen LogP contribution in [0.3, 0.4) is 0 Å². The minimum absolute atomic E-state index is 0.0209. The average molecular weight is 561 g/mol. The fraction of sp³-hybridized carbons (Fsp3) is 0.290. The molecule has 1 aliphatic rings. The van der Waals surface area contributed by atoms with Gasteiger partial charge in [-0.3, -0.25) is 9.69 Å². The third-order valence-corrected chi connectivity index (χ3v) is 6.58. The van der Waals surface area contributed by atoms with Crippen LogP contribution >= 0.6 is 0 Å². The summed E-state index contributed by atoms with van der Waals surface area (Å²) in [6, 6.07) is 17.0. The van der Waals surface area contributed by atoms with Crippen molar-refractivity contribution >= 4 is 5.91 Å². The zero-order valence-electron chi connectivity index (χ0n) is 23.2. The monoisotopic (exact) mass is 560 g/mol. The number of piperazine rings is 1. The van der Waals surface area contributed by atoms with Crippen molar-refractivity contribution in [2.45, 2.75) is 26.9 Å². The van der Waals surface area contributed by atoms with Gasteiger partial charge in [0.25, 0.3) is 0 Å². The van der Waals surface area contributed by atoms with Crippen LogP contribution in [-0.2, 0) is 17.9 Å². The second kappa shape index (κ2) is 14.4. The number of amides is 1.